The van der Waals surface area contributed by atoms with Crippen LogP contribution in [-0.2, 0) is 28.6 Å². The quantitative estimate of drug-likeness (QED) is 0.168. The molecule has 2 heterocycles. The smallest absolute Gasteiger partial charge is 0.258 e. The van der Waals surface area contributed by atoms with Crippen LogP contribution in [0.2, 0.25) is 0 Å². The maximum absolute atomic E-state index is 12.9. The average Bonchev–Trinajstić information content (AvgIpc) is 3.28. The highest BCUT2D eigenvalue weighted by Gasteiger charge is 2.51. The van der Waals surface area contributed by atoms with E-state index in [0.717, 1.165) is 44.9 Å². The fourth-order valence-electron chi connectivity index (χ4n) is 4.85. The maximum Gasteiger partial charge on any atom is 0.258 e. The number of carbonyl (C=O) groups is 3. The number of ketones is 1. The van der Waals surface area contributed by atoms with Crippen LogP contribution >= 0.6 is 0 Å². The molecule has 2 saturated heterocycles. The van der Waals surface area contributed by atoms with Crippen LogP contribution in [0.1, 0.15) is 111 Å². The predicted octanol–water partition coefficient (Wildman–Crippen LogP) is 4.70. The van der Waals surface area contributed by atoms with E-state index in [4.69, 9.17) is 14.2 Å². The van der Waals surface area contributed by atoms with Crippen LogP contribution in [0.4, 0.5) is 0 Å². The zero-order chi connectivity index (χ0) is 26.5. The third-order valence-electron chi connectivity index (χ3n) is 6.93. The van der Waals surface area contributed by atoms with E-state index in [9.17, 15) is 14.4 Å². The number of allylic oxidation sites excluding steroid dienone is 2. The summed E-state index contributed by atoms with van der Waals surface area (Å²) in [7, 11) is 0. The lowest BCUT2D eigenvalue weighted by Crippen LogP contribution is -2.73. The van der Waals surface area contributed by atoms with E-state index in [1.807, 2.05) is 6.08 Å². The summed E-state index contributed by atoms with van der Waals surface area (Å²) in [4.78, 5) is 37.3. The van der Waals surface area contributed by atoms with Gasteiger partial charge in [-0.15, -0.1) is 0 Å². The summed E-state index contributed by atoms with van der Waals surface area (Å²) in [6.07, 6.45) is 17.1. The summed E-state index contributed by atoms with van der Waals surface area (Å²) < 4.78 is 17.6. The molecule has 2 rings (SSSR count). The molecule has 0 bridgehead atoms. The normalized spacial score (nSPS) is 23.1. The predicted molar refractivity (Wildman–Crippen MR) is 139 cm³/mol. The number of carbonyl (C=O) groups excluding carboxylic acids is 3. The second kappa shape index (κ2) is 14.8. The van der Waals surface area contributed by atoms with E-state index >= 15 is 0 Å². The van der Waals surface area contributed by atoms with Crippen molar-refractivity contribution >= 4 is 17.6 Å². The first-order valence-corrected chi connectivity index (χ1v) is 13.9. The Morgan fingerprint density at radius 1 is 0.917 bits per heavy atom. The number of amides is 2. The molecular weight excluding hydrogens is 460 g/mol. The van der Waals surface area contributed by atoms with Crippen molar-refractivity contribution in [1.82, 2.24) is 10.6 Å². The molecule has 0 aliphatic carbocycles. The zero-order valence-corrected chi connectivity index (χ0v) is 22.9. The van der Waals surface area contributed by atoms with Gasteiger partial charge < -0.3 is 24.8 Å². The van der Waals surface area contributed by atoms with Crippen molar-refractivity contribution in [2.75, 3.05) is 19.8 Å². The summed E-state index contributed by atoms with van der Waals surface area (Å²) in [5.41, 5.74) is -2.53. The van der Waals surface area contributed by atoms with Gasteiger partial charge in [0.05, 0.1) is 19.8 Å². The van der Waals surface area contributed by atoms with Gasteiger partial charge in [-0.25, -0.2) is 0 Å². The Labute approximate surface area is 217 Å². The van der Waals surface area contributed by atoms with Crippen molar-refractivity contribution in [1.29, 1.82) is 0 Å². The molecule has 8 nitrogen and oxygen atoms in total. The molecule has 0 radical (unpaired) electrons. The number of Topliss-reactive ketones (excluding diaryl/α,β-unsaturated/α-hetero) is 1. The number of unbranched alkanes of at least 4 members (excludes halogenated alkanes) is 7. The highest BCUT2D eigenvalue weighted by atomic mass is 16.7. The Kier molecular flexibility index (Phi) is 12.6. The minimum atomic E-state index is -1.66. The maximum atomic E-state index is 12.9. The molecule has 0 saturated carbocycles. The van der Waals surface area contributed by atoms with Gasteiger partial charge in [0.25, 0.3) is 5.91 Å². The Morgan fingerprint density at radius 2 is 1.53 bits per heavy atom. The molecule has 0 spiro atoms. The minimum absolute atomic E-state index is 0.161. The Bertz CT molecular complexity index is 744. The molecule has 0 aromatic rings. The van der Waals surface area contributed by atoms with Crippen LogP contribution in [0, 0.1) is 0 Å². The molecule has 0 aromatic heterocycles. The molecule has 0 unspecified atom stereocenters. The SMILES string of the molecule is CCCCCCC1(CCCCCC/C=C/CCC(=O)[C@@]2(NC(C)=O)COC(C)(C)NC2=O)OCCO1. The second-order valence-electron chi connectivity index (χ2n) is 10.6. The van der Waals surface area contributed by atoms with Crippen molar-refractivity contribution in [2.45, 2.75) is 128 Å². The standard InChI is InChI=1S/C28H48N2O6/c1-5-6-7-15-18-27(34-20-21-35-27)19-16-13-11-9-8-10-12-14-17-24(32)28(29-23(2)31)22-36-26(3,4)30-25(28)33/h10,12H,5-9,11,13-22H2,1-4H3,(H,29,31)(H,30,33)/b12-10+/t28-/m0/s1. The number of hydrogen-bond acceptors (Lipinski definition) is 6. The second-order valence-corrected chi connectivity index (χ2v) is 10.6. The van der Waals surface area contributed by atoms with E-state index in [-0.39, 0.29) is 24.6 Å². The topological polar surface area (TPSA) is 103 Å². The van der Waals surface area contributed by atoms with Crippen LogP contribution in [0.25, 0.3) is 0 Å². The average molecular weight is 509 g/mol. The Hall–Kier alpha value is -1.77. The third-order valence-corrected chi connectivity index (χ3v) is 6.93. The van der Waals surface area contributed by atoms with Gasteiger partial charge in [-0.1, -0.05) is 51.2 Å². The van der Waals surface area contributed by atoms with Gasteiger partial charge in [0.2, 0.25) is 11.4 Å². The molecule has 2 aliphatic heterocycles. The Balaban J connectivity index is 1.63. The van der Waals surface area contributed by atoms with Crippen molar-refractivity contribution in [3.8, 4) is 0 Å². The van der Waals surface area contributed by atoms with Crippen LogP contribution in [0.3, 0.4) is 0 Å². The lowest BCUT2D eigenvalue weighted by Gasteiger charge is -2.42. The van der Waals surface area contributed by atoms with Crippen molar-refractivity contribution in [2.24, 2.45) is 0 Å². The highest BCUT2D eigenvalue weighted by molar-refractivity contribution is 6.13. The Morgan fingerprint density at radius 3 is 2.14 bits per heavy atom. The van der Waals surface area contributed by atoms with E-state index in [0.29, 0.717) is 19.6 Å². The fraction of sp³-hybridized carbons (Fsp3) is 0.821. The molecule has 2 amide bonds. The summed E-state index contributed by atoms with van der Waals surface area (Å²) in [5, 5.41) is 5.21. The van der Waals surface area contributed by atoms with Gasteiger partial charge in [0.15, 0.2) is 11.6 Å². The first-order chi connectivity index (χ1) is 17.1. The molecule has 2 fully saturated rings. The van der Waals surface area contributed by atoms with Crippen molar-refractivity contribution in [3.05, 3.63) is 12.2 Å². The highest BCUT2D eigenvalue weighted by Crippen LogP contribution is 2.32. The van der Waals surface area contributed by atoms with Gasteiger partial charge in [-0.3, -0.25) is 14.4 Å². The van der Waals surface area contributed by atoms with Crippen molar-refractivity contribution < 1.29 is 28.6 Å². The number of ether oxygens (including phenoxy) is 3. The van der Waals surface area contributed by atoms with E-state index < -0.39 is 23.1 Å². The molecule has 206 valence electrons. The summed E-state index contributed by atoms with van der Waals surface area (Å²) in [6.45, 7) is 8.19. The van der Waals surface area contributed by atoms with Crippen molar-refractivity contribution in [3.63, 3.8) is 0 Å². The number of rotatable bonds is 17. The van der Waals surface area contributed by atoms with Gasteiger partial charge >= 0.3 is 0 Å². The van der Waals surface area contributed by atoms with E-state index in [1.165, 1.54) is 32.6 Å². The first kappa shape index (κ1) is 30.5. The number of hydrogen-bond donors (Lipinski definition) is 2. The summed E-state index contributed by atoms with van der Waals surface area (Å²) >= 11 is 0. The first-order valence-electron chi connectivity index (χ1n) is 13.9. The molecule has 0 aromatic carbocycles. The molecule has 1 atom stereocenters. The van der Waals surface area contributed by atoms with Gasteiger partial charge in [-0.05, 0) is 46.0 Å². The molecule has 2 aliphatic rings. The number of nitrogens with one attached hydrogen (secondary N) is 2. The minimum Gasteiger partial charge on any atom is -0.353 e. The van der Waals surface area contributed by atoms with Crippen LogP contribution in [-0.4, -0.2) is 54.5 Å². The lowest BCUT2D eigenvalue weighted by atomic mass is 9.88. The van der Waals surface area contributed by atoms with Crippen LogP contribution < -0.4 is 10.6 Å². The van der Waals surface area contributed by atoms with E-state index in [1.54, 1.807) is 13.8 Å². The summed E-state index contributed by atoms with van der Waals surface area (Å²) in [6, 6.07) is 0. The fourth-order valence-corrected chi connectivity index (χ4v) is 4.85. The van der Waals surface area contributed by atoms with Crippen LogP contribution in [0.5, 0.6) is 0 Å². The molecule has 2 N–H and O–H groups in total. The lowest BCUT2D eigenvalue weighted by molar-refractivity contribution is -0.168. The molecule has 36 heavy (non-hydrogen) atoms. The molecule has 8 heteroatoms. The zero-order valence-electron chi connectivity index (χ0n) is 22.9. The van der Waals surface area contributed by atoms with Gasteiger partial charge in [-0.2, -0.15) is 0 Å². The molecular formula is C28H48N2O6. The third kappa shape index (κ3) is 9.60. The van der Waals surface area contributed by atoms with E-state index in [2.05, 4.69) is 23.6 Å². The monoisotopic (exact) mass is 508 g/mol. The van der Waals surface area contributed by atoms with Gasteiger partial charge in [0.1, 0.15) is 5.72 Å². The van der Waals surface area contributed by atoms with Gasteiger partial charge in [0, 0.05) is 26.2 Å². The summed E-state index contributed by atoms with van der Waals surface area (Å²) in [5.74, 6) is -1.63. The van der Waals surface area contributed by atoms with Crippen LogP contribution in [0.15, 0.2) is 12.2 Å². The largest absolute Gasteiger partial charge is 0.353 e.